The highest BCUT2D eigenvalue weighted by atomic mass is 16.6. The number of ether oxygens (including phenoxy) is 1. The van der Waals surface area contributed by atoms with Gasteiger partial charge in [0, 0.05) is 30.7 Å². The summed E-state index contributed by atoms with van der Waals surface area (Å²) < 4.78 is 7.07. The van der Waals surface area contributed by atoms with Crippen molar-refractivity contribution in [3.63, 3.8) is 0 Å². The van der Waals surface area contributed by atoms with Crippen LogP contribution in [0.15, 0.2) is 36.8 Å². The normalized spacial score (nSPS) is 15.5. The molecule has 0 radical (unpaired) electrons. The van der Waals surface area contributed by atoms with Crippen LogP contribution in [0.1, 0.15) is 51.2 Å². The van der Waals surface area contributed by atoms with E-state index < -0.39 is 5.60 Å². The second-order valence-corrected chi connectivity index (χ2v) is 9.15. The summed E-state index contributed by atoms with van der Waals surface area (Å²) in [5.74, 6) is 0. The van der Waals surface area contributed by atoms with Gasteiger partial charge in [0.05, 0.1) is 16.7 Å². The van der Waals surface area contributed by atoms with Crippen LogP contribution in [0.3, 0.4) is 0 Å². The Labute approximate surface area is 177 Å². The molecule has 3 aromatic heterocycles. The summed E-state index contributed by atoms with van der Waals surface area (Å²) in [5, 5.41) is 0. The quantitative estimate of drug-likeness (QED) is 0.600. The Morgan fingerprint density at radius 1 is 1.13 bits per heavy atom. The van der Waals surface area contributed by atoms with Crippen molar-refractivity contribution in [1.82, 2.24) is 19.4 Å². The third-order valence-corrected chi connectivity index (χ3v) is 5.37. The third-order valence-electron chi connectivity index (χ3n) is 5.37. The van der Waals surface area contributed by atoms with Crippen LogP contribution in [-0.2, 0) is 11.3 Å². The van der Waals surface area contributed by atoms with Gasteiger partial charge in [0.25, 0.3) is 0 Å². The minimum atomic E-state index is -0.546. The fourth-order valence-corrected chi connectivity index (χ4v) is 3.97. The number of rotatable bonds is 3. The molecule has 4 heterocycles. The molecule has 1 aliphatic heterocycles. The van der Waals surface area contributed by atoms with Gasteiger partial charge in [-0.1, -0.05) is 6.42 Å². The van der Waals surface area contributed by atoms with Crippen LogP contribution in [0.4, 0.5) is 4.79 Å². The molecule has 6 heteroatoms. The molecule has 1 aliphatic rings. The van der Waals surface area contributed by atoms with Crippen LogP contribution in [0.2, 0.25) is 0 Å². The van der Waals surface area contributed by atoms with Gasteiger partial charge in [0.2, 0.25) is 0 Å². The highest BCUT2D eigenvalue weighted by molar-refractivity contribution is 5.90. The van der Waals surface area contributed by atoms with Gasteiger partial charge in [0.1, 0.15) is 5.60 Å². The first-order valence-electron chi connectivity index (χ1n) is 10.7. The van der Waals surface area contributed by atoms with Gasteiger partial charge in [0.15, 0.2) is 0 Å². The lowest BCUT2D eigenvalue weighted by atomic mass is 10.1. The zero-order valence-electron chi connectivity index (χ0n) is 18.3. The van der Waals surface area contributed by atoms with Crippen LogP contribution in [0.5, 0.6) is 0 Å². The summed E-state index contributed by atoms with van der Waals surface area (Å²) in [6.07, 6.45) is 9.09. The zero-order valence-corrected chi connectivity index (χ0v) is 18.3. The van der Waals surface area contributed by atoms with Crippen molar-refractivity contribution in [3.8, 4) is 11.3 Å². The second-order valence-electron chi connectivity index (χ2n) is 9.15. The van der Waals surface area contributed by atoms with Crippen molar-refractivity contribution in [2.24, 2.45) is 0 Å². The molecule has 158 valence electrons. The smallest absolute Gasteiger partial charge is 0.419 e. The molecular formula is C24H30N4O2. The summed E-state index contributed by atoms with van der Waals surface area (Å²) in [5.41, 5.74) is 5.02. The fourth-order valence-electron chi connectivity index (χ4n) is 3.97. The Balaban J connectivity index is 1.62. The summed E-state index contributed by atoms with van der Waals surface area (Å²) in [6, 6.07) is 6.06. The number of hydrogen-bond acceptors (Lipinski definition) is 5. The van der Waals surface area contributed by atoms with Gasteiger partial charge >= 0.3 is 6.09 Å². The van der Waals surface area contributed by atoms with E-state index in [-0.39, 0.29) is 6.09 Å². The lowest BCUT2D eigenvalue weighted by molar-refractivity contribution is 0.0544. The lowest BCUT2D eigenvalue weighted by Gasteiger charge is -2.26. The molecule has 0 amide bonds. The average molecular weight is 407 g/mol. The van der Waals surface area contributed by atoms with Crippen LogP contribution in [0.25, 0.3) is 22.3 Å². The molecule has 0 aromatic carbocycles. The molecule has 0 aliphatic carbocycles. The van der Waals surface area contributed by atoms with E-state index in [2.05, 4.69) is 16.0 Å². The highest BCUT2D eigenvalue weighted by Crippen LogP contribution is 2.26. The van der Waals surface area contributed by atoms with Gasteiger partial charge in [-0.3, -0.25) is 14.5 Å². The third kappa shape index (κ3) is 4.54. The number of piperidine rings is 1. The van der Waals surface area contributed by atoms with E-state index in [4.69, 9.17) is 9.72 Å². The standard InChI is InChI=1S/C24H30N4O2/c1-17-15-28(23(29)30-24(2,3)4)21-9-8-20(26-22(17)21)19-12-18(13-25-14-19)16-27-10-6-5-7-11-27/h8-9,12-15H,5-7,10-11,16H2,1-4H3. The summed E-state index contributed by atoms with van der Waals surface area (Å²) >= 11 is 0. The Morgan fingerprint density at radius 3 is 2.63 bits per heavy atom. The summed E-state index contributed by atoms with van der Waals surface area (Å²) in [7, 11) is 0. The number of carbonyl (C=O) groups excluding carboxylic acids is 1. The van der Waals surface area contributed by atoms with E-state index in [1.165, 1.54) is 29.4 Å². The van der Waals surface area contributed by atoms with Crippen LogP contribution >= 0.6 is 0 Å². The number of aromatic nitrogens is 3. The van der Waals surface area contributed by atoms with Gasteiger partial charge < -0.3 is 4.74 Å². The largest absolute Gasteiger partial charge is 0.443 e. The topological polar surface area (TPSA) is 60.3 Å². The van der Waals surface area contributed by atoms with Crippen molar-refractivity contribution in [1.29, 1.82) is 0 Å². The summed E-state index contributed by atoms with van der Waals surface area (Å²) in [6.45, 7) is 10.8. The van der Waals surface area contributed by atoms with Crippen molar-refractivity contribution < 1.29 is 9.53 Å². The van der Waals surface area contributed by atoms with Gasteiger partial charge in [-0.15, -0.1) is 0 Å². The molecule has 0 N–H and O–H groups in total. The van der Waals surface area contributed by atoms with Crippen molar-refractivity contribution in [2.45, 2.75) is 59.1 Å². The van der Waals surface area contributed by atoms with Crippen LogP contribution < -0.4 is 0 Å². The van der Waals surface area contributed by atoms with E-state index in [0.29, 0.717) is 0 Å². The van der Waals surface area contributed by atoms with E-state index in [9.17, 15) is 4.79 Å². The van der Waals surface area contributed by atoms with Crippen molar-refractivity contribution in [2.75, 3.05) is 13.1 Å². The number of aryl methyl sites for hydroxylation is 1. The zero-order chi connectivity index (χ0) is 21.3. The number of carbonyl (C=O) groups is 1. The van der Waals surface area contributed by atoms with Crippen molar-refractivity contribution >= 4 is 17.1 Å². The van der Waals surface area contributed by atoms with Gasteiger partial charge in [-0.25, -0.2) is 9.78 Å². The number of nitrogens with zero attached hydrogens (tertiary/aromatic N) is 4. The Hall–Kier alpha value is -2.73. The maximum atomic E-state index is 12.6. The van der Waals surface area contributed by atoms with Gasteiger partial charge in [-0.2, -0.15) is 0 Å². The minimum absolute atomic E-state index is 0.389. The molecule has 0 saturated carbocycles. The number of hydrogen-bond donors (Lipinski definition) is 0. The molecular weight excluding hydrogens is 376 g/mol. The molecule has 0 atom stereocenters. The van der Waals surface area contributed by atoms with E-state index in [1.807, 2.05) is 52.2 Å². The number of pyridine rings is 2. The average Bonchev–Trinajstić information content (AvgIpc) is 3.04. The monoisotopic (exact) mass is 406 g/mol. The Morgan fingerprint density at radius 2 is 1.90 bits per heavy atom. The molecule has 30 heavy (non-hydrogen) atoms. The first-order valence-corrected chi connectivity index (χ1v) is 10.7. The molecule has 0 unspecified atom stereocenters. The van der Waals surface area contributed by atoms with Crippen LogP contribution in [0, 0.1) is 6.92 Å². The van der Waals surface area contributed by atoms with Crippen LogP contribution in [-0.4, -0.2) is 44.2 Å². The molecule has 6 nitrogen and oxygen atoms in total. The predicted octanol–water partition coefficient (Wildman–Crippen LogP) is 5.18. The van der Waals surface area contributed by atoms with Gasteiger partial charge in [-0.05, 0) is 83.0 Å². The fraction of sp³-hybridized carbons (Fsp3) is 0.458. The van der Waals surface area contributed by atoms with Crippen molar-refractivity contribution in [3.05, 3.63) is 47.9 Å². The first kappa shape index (κ1) is 20.5. The maximum absolute atomic E-state index is 12.6. The maximum Gasteiger partial charge on any atom is 0.419 e. The molecule has 0 bridgehead atoms. The minimum Gasteiger partial charge on any atom is -0.443 e. The molecule has 1 saturated heterocycles. The Bertz CT molecular complexity index is 1060. The molecule has 0 spiro atoms. The van der Waals surface area contributed by atoms with E-state index >= 15 is 0 Å². The molecule has 3 aromatic rings. The number of fused-ring (bicyclic) bond motifs is 1. The SMILES string of the molecule is Cc1cn(C(=O)OC(C)(C)C)c2ccc(-c3cncc(CN4CCCCC4)c3)nc12. The van der Waals surface area contributed by atoms with E-state index in [0.717, 1.165) is 47.5 Å². The Kier molecular flexibility index (Phi) is 5.60. The highest BCUT2D eigenvalue weighted by Gasteiger charge is 2.21. The lowest BCUT2D eigenvalue weighted by Crippen LogP contribution is -2.29. The summed E-state index contributed by atoms with van der Waals surface area (Å²) in [4.78, 5) is 24.4. The first-order chi connectivity index (χ1) is 14.3. The second kappa shape index (κ2) is 8.19. The molecule has 4 rings (SSSR count). The molecule has 1 fully saturated rings. The predicted molar refractivity (Wildman–Crippen MR) is 118 cm³/mol. The van der Waals surface area contributed by atoms with E-state index in [1.54, 1.807) is 6.20 Å². The number of likely N-dealkylation sites (tertiary alicyclic amines) is 1.